The molecule has 0 radical (unpaired) electrons. The number of aromatic nitrogens is 2. The van der Waals surface area contributed by atoms with Crippen LogP contribution in [0.3, 0.4) is 0 Å². The van der Waals surface area contributed by atoms with Crippen molar-refractivity contribution in [1.29, 1.82) is 0 Å². The molecule has 2 atom stereocenters. The summed E-state index contributed by atoms with van der Waals surface area (Å²) in [5.41, 5.74) is 6.13. The molecule has 19 heavy (non-hydrogen) atoms. The van der Waals surface area contributed by atoms with Crippen molar-refractivity contribution in [1.82, 2.24) is 10.1 Å². The Bertz CT molecular complexity index is 423. The van der Waals surface area contributed by atoms with Crippen molar-refractivity contribution >= 4 is 0 Å². The molecule has 0 spiro atoms. The maximum absolute atomic E-state index is 6.23. The summed E-state index contributed by atoms with van der Waals surface area (Å²) in [5, 5.41) is 4.26. The molecule has 2 unspecified atom stereocenters. The van der Waals surface area contributed by atoms with Crippen LogP contribution < -0.4 is 5.73 Å². The summed E-state index contributed by atoms with van der Waals surface area (Å²) < 4.78 is 5.57. The van der Waals surface area contributed by atoms with Crippen LogP contribution in [0, 0.1) is 0 Å². The average molecular weight is 263 g/mol. The number of nitrogens with zero attached hydrogens (tertiary/aromatic N) is 2. The third kappa shape index (κ3) is 2.42. The second-order valence-electron chi connectivity index (χ2n) is 6.56. The van der Waals surface area contributed by atoms with E-state index >= 15 is 0 Å². The topological polar surface area (TPSA) is 64.9 Å². The van der Waals surface area contributed by atoms with E-state index in [0.29, 0.717) is 5.92 Å². The van der Waals surface area contributed by atoms with Gasteiger partial charge in [0.15, 0.2) is 5.82 Å². The summed E-state index contributed by atoms with van der Waals surface area (Å²) in [6.45, 7) is 2.18. The highest BCUT2D eigenvalue weighted by molar-refractivity contribution is 5.12. The van der Waals surface area contributed by atoms with Gasteiger partial charge in [-0.05, 0) is 32.6 Å². The minimum atomic E-state index is -0.101. The van der Waals surface area contributed by atoms with Crippen molar-refractivity contribution in [2.24, 2.45) is 5.73 Å². The van der Waals surface area contributed by atoms with E-state index in [-0.39, 0.29) is 11.5 Å². The lowest BCUT2D eigenvalue weighted by Gasteiger charge is -2.23. The van der Waals surface area contributed by atoms with E-state index in [4.69, 9.17) is 15.2 Å². The zero-order valence-electron chi connectivity index (χ0n) is 11.9. The molecule has 2 aliphatic rings. The summed E-state index contributed by atoms with van der Waals surface area (Å²) in [7, 11) is 0. The van der Waals surface area contributed by atoms with Crippen LogP contribution >= 0.6 is 0 Å². The SMILES string of the molecule is CC1(c2nc(C3CCCCCC3)no2)CCCC1N. The van der Waals surface area contributed by atoms with Gasteiger partial charge in [0.25, 0.3) is 0 Å². The van der Waals surface area contributed by atoms with Crippen molar-refractivity contribution in [2.45, 2.75) is 82.1 Å². The molecule has 2 saturated carbocycles. The highest BCUT2D eigenvalue weighted by Crippen LogP contribution is 2.40. The van der Waals surface area contributed by atoms with Crippen LogP contribution in [0.1, 0.15) is 82.3 Å². The molecular formula is C15H25N3O. The summed E-state index contributed by atoms with van der Waals surface area (Å²) >= 11 is 0. The van der Waals surface area contributed by atoms with Crippen molar-refractivity contribution in [3.05, 3.63) is 11.7 Å². The lowest BCUT2D eigenvalue weighted by molar-refractivity contribution is 0.275. The maximum atomic E-state index is 6.23. The van der Waals surface area contributed by atoms with E-state index in [1.807, 2.05) is 0 Å². The smallest absolute Gasteiger partial charge is 0.234 e. The molecular weight excluding hydrogens is 238 g/mol. The molecule has 1 aromatic heterocycles. The van der Waals surface area contributed by atoms with Gasteiger partial charge in [-0.1, -0.05) is 37.3 Å². The molecule has 0 aliphatic heterocycles. The van der Waals surface area contributed by atoms with Gasteiger partial charge < -0.3 is 10.3 Å². The van der Waals surface area contributed by atoms with Crippen LogP contribution in [0.5, 0.6) is 0 Å². The Morgan fingerprint density at radius 1 is 1.11 bits per heavy atom. The predicted molar refractivity (Wildman–Crippen MR) is 73.9 cm³/mol. The maximum Gasteiger partial charge on any atom is 0.234 e. The monoisotopic (exact) mass is 263 g/mol. The summed E-state index contributed by atoms with van der Waals surface area (Å²) in [4.78, 5) is 4.72. The Hall–Kier alpha value is -0.900. The van der Waals surface area contributed by atoms with E-state index in [9.17, 15) is 0 Å². The molecule has 0 bridgehead atoms. The first kappa shape index (κ1) is 13.1. The molecule has 2 fully saturated rings. The van der Waals surface area contributed by atoms with Gasteiger partial charge in [0.05, 0.1) is 5.41 Å². The van der Waals surface area contributed by atoms with E-state index in [0.717, 1.165) is 24.6 Å². The number of nitrogens with two attached hydrogens (primary N) is 1. The van der Waals surface area contributed by atoms with Crippen LogP contribution in [0.25, 0.3) is 0 Å². The minimum Gasteiger partial charge on any atom is -0.339 e. The standard InChI is InChI=1S/C15H25N3O/c1-15(10-6-9-12(15)16)14-17-13(18-19-14)11-7-4-2-3-5-8-11/h11-12H,2-10,16H2,1H3. The van der Waals surface area contributed by atoms with E-state index in [1.54, 1.807) is 0 Å². The van der Waals surface area contributed by atoms with E-state index in [1.165, 1.54) is 44.9 Å². The zero-order chi connectivity index (χ0) is 13.3. The average Bonchev–Trinajstić information content (AvgIpc) is 2.91. The predicted octanol–water partition coefficient (Wildman–Crippen LogP) is 3.28. The highest BCUT2D eigenvalue weighted by Gasteiger charge is 2.43. The fourth-order valence-electron chi connectivity index (χ4n) is 3.63. The molecule has 3 rings (SSSR count). The van der Waals surface area contributed by atoms with Crippen molar-refractivity contribution in [3.63, 3.8) is 0 Å². The third-order valence-electron chi connectivity index (χ3n) is 5.18. The molecule has 106 valence electrons. The lowest BCUT2D eigenvalue weighted by Crippen LogP contribution is -2.38. The van der Waals surface area contributed by atoms with Crippen LogP contribution in [0.2, 0.25) is 0 Å². The molecule has 0 saturated heterocycles. The molecule has 4 heteroatoms. The third-order valence-corrected chi connectivity index (χ3v) is 5.18. The molecule has 1 heterocycles. The first-order chi connectivity index (χ1) is 9.20. The van der Waals surface area contributed by atoms with Gasteiger partial charge in [0.1, 0.15) is 0 Å². The fourth-order valence-corrected chi connectivity index (χ4v) is 3.63. The Morgan fingerprint density at radius 3 is 2.47 bits per heavy atom. The highest BCUT2D eigenvalue weighted by atomic mass is 16.5. The second kappa shape index (κ2) is 5.23. The quantitative estimate of drug-likeness (QED) is 0.832. The largest absolute Gasteiger partial charge is 0.339 e. The number of hydrogen-bond donors (Lipinski definition) is 1. The van der Waals surface area contributed by atoms with Gasteiger partial charge in [0.2, 0.25) is 5.89 Å². The van der Waals surface area contributed by atoms with Crippen molar-refractivity contribution in [3.8, 4) is 0 Å². The minimum absolute atomic E-state index is 0.101. The van der Waals surface area contributed by atoms with E-state index in [2.05, 4.69) is 12.1 Å². The molecule has 1 aromatic rings. The normalized spacial score (nSPS) is 33.5. The summed E-state index contributed by atoms with van der Waals surface area (Å²) in [6, 6.07) is 0.162. The van der Waals surface area contributed by atoms with Crippen LogP contribution in [0.4, 0.5) is 0 Å². The Kier molecular flexibility index (Phi) is 3.61. The molecule has 2 aliphatic carbocycles. The Morgan fingerprint density at radius 2 is 1.84 bits per heavy atom. The van der Waals surface area contributed by atoms with Gasteiger partial charge in [0, 0.05) is 12.0 Å². The van der Waals surface area contributed by atoms with Gasteiger partial charge in [-0.2, -0.15) is 4.98 Å². The van der Waals surface area contributed by atoms with Gasteiger partial charge >= 0.3 is 0 Å². The summed E-state index contributed by atoms with van der Waals surface area (Å²) in [6.07, 6.45) is 11.0. The lowest BCUT2D eigenvalue weighted by atomic mass is 9.85. The number of rotatable bonds is 2. The van der Waals surface area contributed by atoms with Gasteiger partial charge in [-0.15, -0.1) is 0 Å². The van der Waals surface area contributed by atoms with Crippen molar-refractivity contribution in [2.75, 3.05) is 0 Å². The Balaban J connectivity index is 1.79. The number of hydrogen-bond acceptors (Lipinski definition) is 4. The van der Waals surface area contributed by atoms with Crippen molar-refractivity contribution < 1.29 is 4.52 Å². The van der Waals surface area contributed by atoms with Gasteiger partial charge in [-0.25, -0.2) is 0 Å². The van der Waals surface area contributed by atoms with Crippen LogP contribution in [0.15, 0.2) is 4.52 Å². The Labute approximate surface area is 115 Å². The van der Waals surface area contributed by atoms with Crippen LogP contribution in [-0.2, 0) is 5.41 Å². The second-order valence-corrected chi connectivity index (χ2v) is 6.56. The first-order valence-corrected chi connectivity index (χ1v) is 7.80. The van der Waals surface area contributed by atoms with Crippen LogP contribution in [-0.4, -0.2) is 16.2 Å². The first-order valence-electron chi connectivity index (χ1n) is 7.80. The fraction of sp³-hybridized carbons (Fsp3) is 0.867. The molecule has 2 N–H and O–H groups in total. The van der Waals surface area contributed by atoms with E-state index < -0.39 is 0 Å². The molecule has 0 aromatic carbocycles. The molecule has 0 amide bonds. The van der Waals surface area contributed by atoms with Gasteiger partial charge in [-0.3, -0.25) is 0 Å². The zero-order valence-corrected chi connectivity index (χ0v) is 11.9. The summed E-state index contributed by atoms with van der Waals surface area (Å²) in [5.74, 6) is 2.20. The molecule has 4 nitrogen and oxygen atoms in total.